The van der Waals surface area contributed by atoms with E-state index in [1.54, 1.807) is 0 Å². The van der Waals surface area contributed by atoms with Gasteiger partial charge in [-0.15, -0.1) is 0 Å². The summed E-state index contributed by atoms with van der Waals surface area (Å²) >= 11 is 0. The third kappa shape index (κ3) is 2.60. The summed E-state index contributed by atoms with van der Waals surface area (Å²) in [5.41, 5.74) is 0. The molecular weight excluding hydrogens is 201 g/mol. The van der Waals surface area contributed by atoms with Gasteiger partial charge in [0.2, 0.25) is 0 Å². The van der Waals surface area contributed by atoms with Crippen molar-refractivity contribution in [1.82, 2.24) is 5.32 Å². The zero-order chi connectivity index (χ0) is 4.24. The van der Waals surface area contributed by atoms with Gasteiger partial charge in [0.05, 0.1) is 18.7 Å². The van der Waals surface area contributed by atoms with E-state index >= 15 is 0 Å². The van der Waals surface area contributed by atoms with Gasteiger partial charge in [0.25, 0.3) is 0 Å². The standard InChI is InChI=1S/C5H6N.HI/c1-2-4-6-5-3-1;/h2-4,6H,5H2;1H/q+1;/p-1. The van der Waals surface area contributed by atoms with Crippen molar-refractivity contribution in [2.45, 2.75) is 0 Å². The second-order valence-electron chi connectivity index (χ2n) is 1.11. The zero-order valence-corrected chi connectivity index (χ0v) is 5.97. The van der Waals surface area contributed by atoms with E-state index in [9.17, 15) is 0 Å². The number of allylic oxidation sites excluding steroid dienone is 2. The minimum atomic E-state index is 0. The Kier molecular flexibility index (Phi) is 4.04. The molecule has 1 nitrogen and oxygen atoms in total. The number of hydrogen-bond acceptors (Lipinski definition) is 1. The third-order valence-electron chi connectivity index (χ3n) is 0.635. The predicted octanol–water partition coefficient (Wildman–Crippen LogP) is -2.53. The lowest BCUT2D eigenvalue weighted by Gasteiger charge is -1.83. The van der Waals surface area contributed by atoms with Gasteiger partial charge in [-0.05, 0) is 0 Å². The minimum absolute atomic E-state index is 0. The van der Waals surface area contributed by atoms with Crippen LogP contribution in [0.25, 0.3) is 0 Å². The normalized spacial score (nSPS) is 13.7. The number of halogens is 1. The van der Waals surface area contributed by atoms with Crippen molar-refractivity contribution in [3.05, 3.63) is 24.4 Å². The lowest BCUT2D eigenvalue weighted by Crippen LogP contribution is -3.00. The SMILES string of the molecule is [C+]1=CCNC=C1.[I-]. The molecule has 7 heavy (non-hydrogen) atoms. The van der Waals surface area contributed by atoms with Gasteiger partial charge in [-0.1, -0.05) is 0 Å². The van der Waals surface area contributed by atoms with Crippen LogP contribution in [0.3, 0.4) is 0 Å². The summed E-state index contributed by atoms with van der Waals surface area (Å²) in [5.74, 6) is 0. The highest BCUT2D eigenvalue weighted by Crippen LogP contribution is 1.77. The van der Waals surface area contributed by atoms with E-state index in [2.05, 4.69) is 11.4 Å². The van der Waals surface area contributed by atoms with Crippen LogP contribution in [0, 0.1) is 6.08 Å². The third-order valence-corrected chi connectivity index (χ3v) is 0.635. The maximum Gasteiger partial charge on any atom is 0.176 e. The topological polar surface area (TPSA) is 12.0 Å². The van der Waals surface area contributed by atoms with Gasteiger partial charge in [-0.2, -0.15) is 0 Å². The van der Waals surface area contributed by atoms with Crippen LogP contribution in [-0.4, -0.2) is 6.54 Å². The van der Waals surface area contributed by atoms with E-state index < -0.39 is 0 Å². The molecule has 1 N–H and O–H groups in total. The molecule has 0 amide bonds. The highest BCUT2D eigenvalue weighted by atomic mass is 127. The smallest absolute Gasteiger partial charge is 0.176 e. The van der Waals surface area contributed by atoms with E-state index in [1.165, 1.54) is 0 Å². The molecule has 1 rings (SSSR count). The lowest BCUT2D eigenvalue weighted by atomic mass is 10.4. The number of nitrogens with one attached hydrogen (secondary N) is 1. The number of rotatable bonds is 0. The molecule has 0 spiro atoms. The molecule has 1 aliphatic rings. The van der Waals surface area contributed by atoms with Gasteiger partial charge in [0, 0.05) is 0 Å². The van der Waals surface area contributed by atoms with E-state index in [1.807, 2.05) is 18.4 Å². The number of hydrogen-bond donors (Lipinski definition) is 1. The molecule has 0 aromatic heterocycles. The Balaban J connectivity index is 0.000000360. The Morgan fingerprint density at radius 1 is 1.57 bits per heavy atom. The van der Waals surface area contributed by atoms with Crippen LogP contribution in [0.2, 0.25) is 0 Å². The van der Waals surface area contributed by atoms with Crippen LogP contribution in [-0.2, 0) is 0 Å². The van der Waals surface area contributed by atoms with E-state index in [0.29, 0.717) is 0 Å². The molecule has 0 unspecified atom stereocenters. The van der Waals surface area contributed by atoms with Gasteiger partial charge in [0.15, 0.2) is 6.08 Å². The summed E-state index contributed by atoms with van der Waals surface area (Å²) < 4.78 is 0. The molecule has 0 saturated heterocycles. The molecule has 0 aromatic carbocycles. The fraction of sp³-hybridized carbons (Fsp3) is 0.200. The summed E-state index contributed by atoms with van der Waals surface area (Å²) in [7, 11) is 0. The maximum atomic E-state index is 2.99. The second kappa shape index (κ2) is 4.09. The van der Waals surface area contributed by atoms with Crippen molar-refractivity contribution in [3.63, 3.8) is 0 Å². The molecule has 0 fully saturated rings. The molecule has 1 aliphatic heterocycles. The van der Waals surface area contributed by atoms with Crippen LogP contribution in [0.5, 0.6) is 0 Å². The summed E-state index contributed by atoms with van der Waals surface area (Å²) in [5, 5.41) is 2.99. The Morgan fingerprint density at radius 2 is 2.43 bits per heavy atom. The van der Waals surface area contributed by atoms with Crippen molar-refractivity contribution < 1.29 is 24.0 Å². The predicted molar refractivity (Wildman–Crippen MR) is 25.0 cm³/mol. The molecule has 0 radical (unpaired) electrons. The van der Waals surface area contributed by atoms with Crippen LogP contribution >= 0.6 is 0 Å². The fourth-order valence-electron chi connectivity index (χ4n) is 0.361. The second-order valence-corrected chi connectivity index (χ2v) is 1.11. The molecule has 2 heteroatoms. The molecule has 0 aromatic rings. The summed E-state index contributed by atoms with van der Waals surface area (Å²) in [4.78, 5) is 0. The number of dihydropyridines is 1. The maximum absolute atomic E-state index is 2.99. The molecule has 0 aliphatic carbocycles. The van der Waals surface area contributed by atoms with Crippen molar-refractivity contribution >= 4 is 0 Å². The largest absolute Gasteiger partial charge is 1.00 e. The van der Waals surface area contributed by atoms with Crippen LogP contribution < -0.4 is 29.3 Å². The molecular formula is C5H6IN. The Bertz CT molecular complexity index is 74.1. The van der Waals surface area contributed by atoms with Crippen molar-refractivity contribution in [1.29, 1.82) is 0 Å². The average molecular weight is 207 g/mol. The highest BCUT2D eigenvalue weighted by Gasteiger charge is 1.86. The zero-order valence-electron chi connectivity index (χ0n) is 3.82. The lowest BCUT2D eigenvalue weighted by molar-refractivity contribution is -0.00000124. The molecule has 1 heterocycles. The van der Waals surface area contributed by atoms with Gasteiger partial charge in [0.1, 0.15) is 6.20 Å². The van der Waals surface area contributed by atoms with E-state index in [4.69, 9.17) is 0 Å². The first-order valence-electron chi connectivity index (χ1n) is 1.96. The minimum Gasteiger partial charge on any atom is -1.00 e. The highest BCUT2D eigenvalue weighted by molar-refractivity contribution is 5.00. The Labute approximate surface area is 60.5 Å². The van der Waals surface area contributed by atoms with Gasteiger partial charge < -0.3 is 29.3 Å². The van der Waals surface area contributed by atoms with Crippen molar-refractivity contribution in [2.24, 2.45) is 0 Å². The van der Waals surface area contributed by atoms with Gasteiger partial charge in [-0.25, -0.2) is 0 Å². The Hall–Kier alpha value is -0.0800. The summed E-state index contributed by atoms with van der Waals surface area (Å²) in [6.07, 6.45) is 8.59. The summed E-state index contributed by atoms with van der Waals surface area (Å²) in [6.45, 7) is 0.927. The molecule has 0 saturated carbocycles. The van der Waals surface area contributed by atoms with E-state index in [0.717, 1.165) is 6.54 Å². The molecule has 0 atom stereocenters. The molecule has 38 valence electrons. The van der Waals surface area contributed by atoms with Crippen LogP contribution in [0.4, 0.5) is 0 Å². The van der Waals surface area contributed by atoms with E-state index in [-0.39, 0.29) is 24.0 Å². The van der Waals surface area contributed by atoms with Gasteiger partial charge >= 0.3 is 0 Å². The first-order valence-corrected chi connectivity index (χ1v) is 1.96. The first kappa shape index (κ1) is 6.92. The monoisotopic (exact) mass is 207 g/mol. The fourth-order valence-corrected chi connectivity index (χ4v) is 0.361. The quantitative estimate of drug-likeness (QED) is 0.341. The van der Waals surface area contributed by atoms with Crippen molar-refractivity contribution in [2.75, 3.05) is 6.54 Å². The van der Waals surface area contributed by atoms with Crippen LogP contribution in [0.1, 0.15) is 0 Å². The summed E-state index contributed by atoms with van der Waals surface area (Å²) in [6, 6.07) is 0. The van der Waals surface area contributed by atoms with Crippen LogP contribution in [0.15, 0.2) is 18.4 Å². The van der Waals surface area contributed by atoms with Crippen molar-refractivity contribution in [3.8, 4) is 0 Å². The first-order chi connectivity index (χ1) is 3.00. The van der Waals surface area contributed by atoms with Gasteiger partial charge in [-0.3, -0.25) is 0 Å². The Morgan fingerprint density at radius 3 is 2.57 bits per heavy atom. The average Bonchev–Trinajstić information content (AvgIpc) is 1.72. The molecule has 0 bridgehead atoms.